The molecule has 0 N–H and O–H groups in total. The number of benzene rings is 2. The van der Waals surface area contributed by atoms with Crippen LogP contribution in [0.5, 0.6) is 0 Å². The summed E-state index contributed by atoms with van der Waals surface area (Å²) >= 11 is 1.40. The number of para-hydroxylation sites is 1. The normalized spacial score (nSPS) is 15.5. The van der Waals surface area contributed by atoms with Crippen molar-refractivity contribution >= 4 is 29.5 Å². The summed E-state index contributed by atoms with van der Waals surface area (Å²) in [4.78, 5) is 22.1. The zero-order valence-electron chi connectivity index (χ0n) is 16.8. The average Bonchev–Trinajstić information content (AvgIpc) is 3.08. The smallest absolute Gasteiger partial charge is 0.410 e. The van der Waals surface area contributed by atoms with Gasteiger partial charge in [0.2, 0.25) is 0 Å². The van der Waals surface area contributed by atoms with E-state index in [0.717, 1.165) is 20.9 Å². The summed E-state index contributed by atoms with van der Waals surface area (Å²) in [5.41, 5.74) is 1.79. The fourth-order valence-corrected chi connectivity index (χ4v) is 4.58. The van der Waals surface area contributed by atoms with Gasteiger partial charge in [-0.25, -0.2) is 9.52 Å². The molecule has 158 valence electrons. The molecule has 8 nitrogen and oxygen atoms in total. The van der Waals surface area contributed by atoms with Gasteiger partial charge in [0, 0.05) is 42.8 Å². The van der Waals surface area contributed by atoms with Crippen LogP contribution >= 0.6 is 11.8 Å². The molecule has 0 atom stereocenters. The van der Waals surface area contributed by atoms with Crippen molar-refractivity contribution in [3.05, 3.63) is 77.8 Å². The monoisotopic (exact) mass is 435 g/mol. The molecular weight excluding hydrogens is 414 g/mol. The first kappa shape index (κ1) is 19.5. The first-order chi connectivity index (χ1) is 15.2. The van der Waals surface area contributed by atoms with Gasteiger partial charge in [-0.3, -0.25) is 0 Å². The maximum absolute atomic E-state index is 12.5. The number of hydrogen-bond donors (Lipinski definition) is 0. The van der Waals surface area contributed by atoms with Crippen LogP contribution in [0.4, 0.5) is 10.5 Å². The molecule has 31 heavy (non-hydrogen) atoms. The van der Waals surface area contributed by atoms with E-state index in [1.165, 1.54) is 18.0 Å². The summed E-state index contributed by atoms with van der Waals surface area (Å²) in [5.74, 6) is 0.694. The van der Waals surface area contributed by atoms with Crippen LogP contribution in [0.1, 0.15) is 5.56 Å². The van der Waals surface area contributed by atoms with Gasteiger partial charge in [0.1, 0.15) is 19.0 Å². The van der Waals surface area contributed by atoms with E-state index < -0.39 is 0 Å². The molecule has 2 aromatic carbocycles. The number of imidazole rings is 1. The van der Waals surface area contributed by atoms with E-state index in [-0.39, 0.29) is 12.7 Å². The molecule has 3 aromatic rings. The van der Waals surface area contributed by atoms with E-state index in [9.17, 15) is 10.0 Å². The van der Waals surface area contributed by atoms with E-state index in [0.29, 0.717) is 37.3 Å². The third-order valence-corrected chi connectivity index (χ3v) is 6.40. The van der Waals surface area contributed by atoms with Gasteiger partial charge in [0.25, 0.3) is 0 Å². The van der Waals surface area contributed by atoms with E-state index in [4.69, 9.17) is 9.73 Å². The van der Waals surface area contributed by atoms with Gasteiger partial charge >= 0.3 is 17.2 Å². The van der Waals surface area contributed by atoms with Crippen molar-refractivity contribution in [3.8, 4) is 0 Å². The second kappa shape index (κ2) is 8.35. The van der Waals surface area contributed by atoms with Crippen molar-refractivity contribution in [2.24, 2.45) is 4.99 Å². The predicted octanol–water partition coefficient (Wildman–Crippen LogP) is 3.08. The van der Waals surface area contributed by atoms with Gasteiger partial charge in [0.05, 0.1) is 5.69 Å². The fourth-order valence-electron chi connectivity index (χ4n) is 3.63. The molecule has 5 rings (SSSR count). The number of hydrogen-bond acceptors (Lipinski definition) is 6. The van der Waals surface area contributed by atoms with Crippen molar-refractivity contribution in [1.29, 1.82) is 0 Å². The van der Waals surface area contributed by atoms with Gasteiger partial charge in [0.15, 0.2) is 0 Å². The summed E-state index contributed by atoms with van der Waals surface area (Å²) in [6.07, 6.45) is 2.91. The topological polar surface area (TPSA) is 77.0 Å². The van der Waals surface area contributed by atoms with Crippen LogP contribution in [0.25, 0.3) is 0 Å². The Labute approximate surface area is 183 Å². The van der Waals surface area contributed by atoms with Crippen LogP contribution in [0.15, 0.2) is 82.0 Å². The quantitative estimate of drug-likeness (QED) is 0.457. The van der Waals surface area contributed by atoms with Crippen molar-refractivity contribution in [1.82, 2.24) is 14.4 Å². The lowest BCUT2D eigenvalue weighted by Crippen LogP contribution is -2.52. The van der Waals surface area contributed by atoms with Crippen LogP contribution < -0.4 is 4.73 Å². The minimum atomic E-state index is -0.314. The summed E-state index contributed by atoms with van der Waals surface area (Å²) in [5, 5.41) is 12.9. The number of carbonyl (C=O) groups excluding carboxylic acids is 1. The lowest BCUT2D eigenvalue weighted by atomic mass is 10.2. The van der Waals surface area contributed by atoms with Crippen LogP contribution in [0.3, 0.4) is 0 Å². The highest BCUT2D eigenvalue weighted by Gasteiger charge is 2.32. The Morgan fingerprint density at radius 3 is 2.61 bits per heavy atom. The number of carbonyl (C=O) groups is 1. The zero-order valence-corrected chi connectivity index (χ0v) is 17.6. The molecule has 1 aromatic heterocycles. The summed E-state index contributed by atoms with van der Waals surface area (Å²) in [6.45, 7) is 2.51. The molecule has 0 radical (unpaired) electrons. The Hall–Kier alpha value is -3.46. The van der Waals surface area contributed by atoms with Crippen molar-refractivity contribution in [3.63, 3.8) is 0 Å². The van der Waals surface area contributed by atoms with E-state index >= 15 is 0 Å². The Morgan fingerprint density at radius 1 is 1.06 bits per heavy atom. The highest BCUT2D eigenvalue weighted by Crippen LogP contribution is 2.36. The zero-order chi connectivity index (χ0) is 21.2. The standard InChI is InChI=1S/C22H21N5O3S/c28-22(30-16-17-6-2-1-3-7-17)25-12-10-24(11-13-25)20-23-18-8-4-5-9-19(18)31-21-26(20)14-15-27(21)29/h1-9,14-15H,10-13,16H2. The summed E-state index contributed by atoms with van der Waals surface area (Å²) in [7, 11) is 0. The molecule has 0 bridgehead atoms. The lowest BCUT2D eigenvalue weighted by molar-refractivity contribution is -0.645. The molecule has 9 heteroatoms. The number of nitrogens with zero attached hydrogens (tertiary/aromatic N) is 5. The number of fused-ring (bicyclic) bond motifs is 2. The maximum Gasteiger partial charge on any atom is 0.410 e. The minimum Gasteiger partial charge on any atom is -0.710 e. The van der Waals surface area contributed by atoms with Gasteiger partial charge in [-0.1, -0.05) is 42.5 Å². The summed E-state index contributed by atoms with van der Waals surface area (Å²) in [6, 6.07) is 17.4. The summed E-state index contributed by atoms with van der Waals surface area (Å²) < 4.78 is 8.14. The van der Waals surface area contributed by atoms with Crippen molar-refractivity contribution < 1.29 is 14.3 Å². The molecule has 0 aliphatic carbocycles. The first-order valence-corrected chi connectivity index (χ1v) is 10.9. The molecule has 2 aliphatic heterocycles. The number of piperazine rings is 1. The number of rotatable bonds is 2. The van der Waals surface area contributed by atoms with E-state index in [2.05, 4.69) is 4.90 Å². The SMILES string of the molecule is O=C(OCc1ccccc1)N1CCN(C2=Nc3ccccc3Sc3n2cc[n+]3[O-])CC1. The van der Waals surface area contributed by atoms with Gasteiger partial charge in [-0.15, -0.1) is 0 Å². The molecule has 1 amide bonds. The fraction of sp³-hybridized carbons (Fsp3) is 0.227. The first-order valence-electron chi connectivity index (χ1n) is 10.1. The molecule has 0 unspecified atom stereocenters. The number of aromatic nitrogens is 2. The number of amides is 1. The highest BCUT2D eigenvalue weighted by atomic mass is 32.2. The molecule has 0 saturated carbocycles. The minimum absolute atomic E-state index is 0.261. The molecule has 2 aliphatic rings. The average molecular weight is 436 g/mol. The van der Waals surface area contributed by atoms with Crippen LogP contribution in [-0.4, -0.2) is 52.6 Å². The Bertz CT molecular complexity index is 1120. The molecule has 1 fully saturated rings. The van der Waals surface area contributed by atoms with Crippen molar-refractivity contribution in [2.45, 2.75) is 16.7 Å². The van der Waals surface area contributed by atoms with E-state index in [1.807, 2.05) is 59.2 Å². The van der Waals surface area contributed by atoms with Crippen LogP contribution in [0.2, 0.25) is 0 Å². The predicted molar refractivity (Wildman–Crippen MR) is 116 cm³/mol. The number of ether oxygens (including phenoxy) is 1. The molecule has 3 heterocycles. The van der Waals surface area contributed by atoms with Crippen molar-refractivity contribution in [2.75, 3.05) is 26.2 Å². The van der Waals surface area contributed by atoms with Gasteiger partial charge in [-0.2, -0.15) is 9.56 Å². The second-order valence-corrected chi connectivity index (χ2v) is 8.28. The maximum atomic E-state index is 12.5. The molecule has 0 spiro atoms. The largest absolute Gasteiger partial charge is 0.710 e. The third-order valence-electron chi connectivity index (χ3n) is 5.27. The van der Waals surface area contributed by atoms with Crippen LogP contribution in [-0.2, 0) is 11.3 Å². The Kier molecular flexibility index (Phi) is 5.25. The van der Waals surface area contributed by atoms with Gasteiger partial charge in [-0.05, 0) is 17.7 Å². The lowest BCUT2D eigenvalue weighted by Gasteiger charge is -2.34. The second-order valence-electron chi connectivity index (χ2n) is 7.27. The highest BCUT2D eigenvalue weighted by molar-refractivity contribution is 7.99. The van der Waals surface area contributed by atoms with Gasteiger partial charge < -0.3 is 19.7 Å². The molecular formula is C22H21N5O3S. The number of aliphatic imine (C=N–C) groups is 1. The Balaban J connectivity index is 1.30. The Morgan fingerprint density at radius 2 is 1.81 bits per heavy atom. The molecule has 1 saturated heterocycles. The van der Waals surface area contributed by atoms with E-state index in [1.54, 1.807) is 11.1 Å². The van der Waals surface area contributed by atoms with Crippen LogP contribution in [0, 0.1) is 5.21 Å². The third kappa shape index (κ3) is 3.96.